The second-order valence-corrected chi connectivity index (χ2v) is 18.6. The molecular weight excluding hydrogens is 743 g/mol. The maximum atomic E-state index is 14.2. The van der Waals surface area contributed by atoms with Crippen LogP contribution in [0.2, 0.25) is 0 Å². The Hall–Kier alpha value is -4.82. The lowest BCUT2D eigenvalue weighted by Gasteiger charge is -2.40. The fourth-order valence-corrected chi connectivity index (χ4v) is 8.85. The van der Waals surface area contributed by atoms with Gasteiger partial charge in [0.15, 0.2) is 0 Å². The van der Waals surface area contributed by atoms with Gasteiger partial charge in [-0.05, 0) is 82.7 Å². The molecule has 0 aliphatic carbocycles. The molecule has 2 fully saturated rings. The van der Waals surface area contributed by atoms with Crippen LogP contribution in [0.5, 0.6) is 0 Å². The monoisotopic (exact) mass is 797 g/mol. The van der Waals surface area contributed by atoms with Crippen LogP contribution in [0.4, 0.5) is 4.79 Å². The van der Waals surface area contributed by atoms with E-state index >= 15 is 0 Å². The number of likely N-dealkylation sites (tertiary alicyclic amines) is 1. The molecule has 13 nitrogen and oxygen atoms in total. The van der Waals surface area contributed by atoms with E-state index in [1.165, 1.54) is 21.2 Å². The van der Waals surface area contributed by atoms with Gasteiger partial charge in [0, 0.05) is 71.6 Å². The highest BCUT2D eigenvalue weighted by Gasteiger charge is 2.41. The lowest BCUT2D eigenvalue weighted by Crippen LogP contribution is -2.62. The van der Waals surface area contributed by atoms with Crippen molar-refractivity contribution < 1.29 is 28.7 Å². The Morgan fingerprint density at radius 1 is 1.16 bits per heavy atom. The average molecular weight is 798 g/mol. The summed E-state index contributed by atoms with van der Waals surface area (Å²) in [5.41, 5.74) is 9.26. The smallest absolute Gasteiger partial charge is 0.410 e. The number of fused-ring (bicyclic) bond motifs is 6. The van der Waals surface area contributed by atoms with Gasteiger partial charge in [0.05, 0.1) is 34.6 Å². The highest BCUT2D eigenvalue weighted by atomic mass is 32.1. The first-order valence-electron chi connectivity index (χ1n) is 20.1. The van der Waals surface area contributed by atoms with Gasteiger partial charge in [-0.2, -0.15) is 0 Å². The zero-order valence-corrected chi connectivity index (χ0v) is 35.1. The van der Waals surface area contributed by atoms with E-state index in [1.807, 2.05) is 17.6 Å². The Balaban J connectivity index is 1.26. The van der Waals surface area contributed by atoms with Crippen LogP contribution in [-0.2, 0) is 43.2 Å². The lowest BCUT2D eigenvalue weighted by atomic mass is 9.84. The number of amides is 3. The number of aromatic nitrogens is 3. The number of cyclic esters (lactones) is 1. The van der Waals surface area contributed by atoms with Crippen molar-refractivity contribution in [3.05, 3.63) is 58.2 Å². The highest BCUT2D eigenvalue weighted by molar-refractivity contribution is 7.10. The number of hydrogen-bond donors (Lipinski definition) is 2. The first kappa shape index (κ1) is 40.4. The minimum Gasteiger partial charge on any atom is -0.464 e. The zero-order chi connectivity index (χ0) is 40.8. The van der Waals surface area contributed by atoms with Gasteiger partial charge in [0.2, 0.25) is 5.91 Å². The van der Waals surface area contributed by atoms with Gasteiger partial charge in [-0.1, -0.05) is 33.8 Å². The van der Waals surface area contributed by atoms with E-state index in [-0.39, 0.29) is 43.8 Å². The molecule has 0 saturated carbocycles. The molecule has 0 radical (unpaired) electrons. The van der Waals surface area contributed by atoms with E-state index in [2.05, 4.69) is 74.2 Å². The van der Waals surface area contributed by atoms with E-state index < -0.39 is 41.1 Å². The van der Waals surface area contributed by atoms with E-state index in [0.717, 1.165) is 51.2 Å². The third kappa shape index (κ3) is 8.57. The molecule has 3 amide bonds. The third-order valence-corrected chi connectivity index (χ3v) is 11.7. The van der Waals surface area contributed by atoms with Gasteiger partial charge in [0.1, 0.15) is 17.7 Å². The van der Waals surface area contributed by atoms with Gasteiger partial charge in [0.25, 0.3) is 5.91 Å². The van der Waals surface area contributed by atoms with Gasteiger partial charge < -0.3 is 24.3 Å². The molecule has 6 bridgehead atoms. The highest BCUT2D eigenvalue weighted by Crippen LogP contribution is 2.42. The number of pyridine rings is 1. The molecule has 3 aliphatic rings. The molecule has 0 spiro atoms. The number of hydrazine groups is 1. The van der Waals surface area contributed by atoms with Crippen molar-refractivity contribution in [1.29, 1.82) is 0 Å². The number of aryl methyl sites for hydroxylation is 1. The quantitative estimate of drug-likeness (QED) is 0.217. The average Bonchev–Trinajstić information content (AvgIpc) is 3.73. The summed E-state index contributed by atoms with van der Waals surface area (Å²) in [5.74, 6) is -1.40. The fourth-order valence-electron chi connectivity index (χ4n) is 8.00. The summed E-state index contributed by atoms with van der Waals surface area (Å²) in [6.07, 6.45) is 3.26. The van der Waals surface area contributed by atoms with Gasteiger partial charge in [-0.3, -0.25) is 24.4 Å². The number of carbonyl (C=O) groups excluding carboxylic acids is 4. The minimum absolute atomic E-state index is 0.155. The van der Waals surface area contributed by atoms with Gasteiger partial charge in [-0.15, -0.1) is 11.3 Å². The minimum atomic E-state index is -0.961. The molecule has 0 unspecified atom stereocenters. The summed E-state index contributed by atoms with van der Waals surface area (Å²) < 4.78 is 13.9. The number of nitrogens with one attached hydrogen (secondary N) is 2. The van der Waals surface area contributed by atoms with Crippen molar-refractivity contribution in [2.75, 3.05) is 26.2 Å². The normalized spacial score (nSPS) is 20.6. The number of ether oxygens (including phenoxy) is 2. The number of esters is 1. The maximum absolute atomic E-state index is 14.2. The van der Waals surface area contributed by atoms with E-state index in [9.17, 15) is 19.2 Å². The Morgan fingerprint density at radius 3 is 2.65 bits per heavy atom. The topological polar surface area (TPSA) is 148 Å². The first-order valence-corrected chi connectivity index (χ1v) is 21.0. The molecule has 2 saturated heterocycles. The van der Waals surface area contributed by atoms with E-state index in [0.29, 0.717) is 30.8 Å². The third-order valence-electron chi connectivity index (χ3n) is 10.9. The van der Waals surface area contributed by atoms with E-state index in [4.69, 9.17) is 19.4 Å². The number of hydrogen-bond acceptors (Lipinski definition) is 10. The Kier molecular flexibility index (Phi) is 11.2. The largest absolute Gasteiger partial charge is 0.464 e. The molecule has 3 aliphatic heterocycles. The molecule has 2 N–H and O–H groups in total. The predicted octanol–water partition coefficient (Wildman–Crippen LogP) is 6.49. The zero-order valence-electron chi connectivity index (χ0n) is 34.3. The van der Waals surface area contributed by atoms with Crippen LogP contribution < -0.4 is 10.7 Å². The van der Waals surface area contributed by atoms with Gasteiger partial charge >= 0.3 is 12.1 Å². The van der Waals surface area contributed by atoms with Crippen molar-refractivity contribution >= 4 is 46.1 Å². The second kappa shape index (κ2) is 15.8. The first-order chi connectivity index (χ1) is 27.0. The molecule has 304 valence electrons. The van der Waals surface area contributed by atoms with Crippen LogP contribution in [0.25, 0.3) is 33.4 Å². The number of rotatable bonds is 5. The molecule has 2 atom stereocenters. The summed E-state index contributed by atoms with van der Waals surface area (Å²) in [6.45, 7) is 17.8. The van der Waals surface area contributed by atoms with Crippen LogP contribution in [0.15, 0.2) is 41.9 Å². The maximum Gasteiger partial charge on any atom is 0.410 e. The van der Waals surface area contributed by atoms with Crippen LogP contribution in [0.1, 0.15) is 90.4 Å². The standard InChI is InChI=1S/C43H55N7O6S/c1-9-49-34-15-14-26-18-29(34)30(37(49)28-12-10-16-44-36(28)25(2)3)20-43(7,8)24-55-40(53)31-13-11-17-50(47-31)39(52)32(19-35-45-33(26)23-57-35)46-38(51)27-21-48(22-27)41(54)56-42(4,5)6/h10,12,14-16,18,23,25,27,31-32,47H,9,11,13,17,19-22,24H2,1-8H3,(H,46,51)/t31-,32-/m0/s1. The van der Waals surface area contributed by atoms with Gasteiger partial charge in [-0.25, -0.2) is 15.2 Å². The van der Waals surface area contributed by atoms with Crippen molar-refractivity contribution in [3.8, 4) is 22.5 Å². The number of benzene rings is 1. The number of carbonyl (C=O) groups is 4. The van der Waals surface area contributed by atoms with Crippen LogP contribution >= 0.6 is 11.3 Å². The molecule has 57 heavy (non-hydrogen) atoms. The summed E-state index contributed by atoms with van der Waals surface area (Å²) in [5, 5.41) is 8.21. The fraction of sp³-hybridized carbons (Fsp3) is 0.535. The molecule has 7 rings (SSSR count). The summed E-state index contributed by atoms with van der Waals surface area (Å²) >= 11 is 1.44. The van der Waals surface area contributed by atoms with Crippen molar-refractivity contribution in [2.45, 2.75) is 111 Å². The SMILES string of the molecule is CCn1c(-c2cccnc2C(C)C)c2c3cc(ccc31)-c1csc(n1)C[C@H](NC(=O)C1CN(C(=O)OC(C)(C)C)C1)C(=O)N1CCC[C@H](N1)C(=O)OCC(C)(C)C2. The lowest BCUT2D eigenvalue weighted by molar-refractivity contribution is -0.155. The van der Waals surface area contributed by atoms with Crippen LogP contribution in [0.3, 0.4) is 0 Å². The Bertz CT molecular complexity index is 2180. The molecule has 3 aromatic heterocycles. The number of thiazole rings is 1. The molecule has 6 heterocycles. The molecule has 14 heteroatoms. The van der Waals surface area contributed by atoms with Crippen molar-refractivity contribution in [2.24, 2.45) is 11.3 Å². The molecule has 4 aromatic rings. The number of nitrogens with zero attached hydrogens (tertiary/aromatic N) is 5. The molecular formula is C43H55N7O6S. The van der Waals surface area contributed by atoms with Crippen molar-refractivity contribution in [1.82, 2.24) is 35.2 Å². The Morgan fingerprint density at radius 2 is 1.93 bits per heavy atom. The molecule has 1 aromatic carbocycles. The second-order valence-electron chi connectivity index (χ2n) is 17.6. The van der Waals surface area contributed by atoms with Crippen molar-refractivity contribution in [3.63, 3.8) is 0 Å². The van der Waals surface area contributed by atoms with Crippen LogP contribution in [0, 0.1) is 11.3 Å². The summed E-state index contributed by atoms with van der Waals surface area (Å²) in [7, 11) is 0. The Labute approximate surface area is 338 Å². The summed E-state index contributed by atoms with van der Waals surface area (Å²) in [6, 6.07) is 8.91. The van der Waals surface area contributed by atoms with Crippen LogP contribution in [-0.4, -0.2) is 92.2 Å². The predicted molar refractivity (Wildman–Crippen MR) is 219 cm³/mol. The summed E-state index contributed by atoms with van der Waals surface area (Å²) in [4.78, 5) is 65.5. The van der Waals surface area contributed by atoms with E-state index in [1.54, 1.807) is 20.8 Å².